The molecule has 1 unspecified atom stereocenters. The lowest BCUT2D eigenvalue weighted by Gasteiger charge is -2.33. The first-order valence-corrected chi connectivity index (χ1v) is 9.03. The van der Waals surface area contributed by atoms with Crippen LogP contribution >= 0.6 is 0 Å². The van der Waals surface area contributed by atoms with Gasteiger partial charge in [-0.15, -0.1) is 0 Å². The van der Waals surface area contributed by atoms with E-state index < -0.39 is 5.60 Å². The molecule has 7 nitrogen and oxygen atoms in total. The van der Waals surface area contributed by atoms with Crippen molar-refractivity contribution < 1.29 is 9.53 Å². The van der Waals surface area contributed by atoms with E-state index in [4.69, 9.17) is 4.74 Å². The van der Waals surface area contributed by atoms with Crippen molar-refractivity contribution >= 4 is 22.5 Å². The van der Waals surface area contributed by atoms with Crippen LogP contribution in [-0.4, -0.2) is 45.7 Å². The summed E-state index contributed by atoms with van der Waals surface area (Å²) in [7, 11) is 1.97. The first-order chi connectivity index (χ1) is 13.0. The molecule has 2 N–H and O–H groups in total. The number of anilines is 1. The molecule has 3 aromatic rings. The standard InChI is InChI=1S/C20H23N5O2/c1-20(12-21-5-6-27-20)9-19(26)24-18-8-16-7-14(3-4-15(16)10-23-18)17-11-22-13-25(17)2/h3-4,7-8,10-11,13,21H,5-6,9,12H2,1-2H3,(H,23,24,26). The molecule has 1 fully saturated rings. The van der Waals surface area contributed by atoms with Crippen LogP contribution in [0.25, 0.3) is 22.0 Å². The van der Waals surface area contributed by atoms with Gasteiger partial charge in [0, 0.05) is 37.3 Å². The number of nitrogens with one attached hydrogen (secondary N) is 2. The maximum absolute atomic E-state index is 12.4. The van der Waals surface area contributed by atoms with Gasteiger partial charge in [-0.2, -0.15) is 0 Å². The van der Waals surface area contributed by atoms with Gasteiger partial charge in [0.05, 0.1) is 36.8 Å². The van der Waals surface area contributed by atoms with Crippen molar-refractivity contribution in [3.63, 3.8) is 0 Å². The lowest BCUT2D eigenvalue weighted by Crippen LogP contribution is -2.49. The smallest absolute Gasteiger partial charge is 0.228 e. The summed E-state index contributed by atoms with van der Waals surface area (Å²) in [5.41, 5.74) is 1.63. The molecule has 7 heteroatoms. The van der Waals surface area contributed by atoms with Crippen molar-refractivity contribution in [1.29, 1.82) is 0 Å². The summed E-state index contributed by atoms with van der Waals surface area (Å²) in [6.07, 6.45) is 5.68. The quantitative estimate of drug-likeness (QED) is 0.742. The molecule has 3 heterocycles. The molecular formula is C20H23N5O2. The highest BCUT2D eigenvalue weighted by molar-refractivity contribution is 5.94. The van der Waals surface area contributed by atoms with Gasteiger partial charge in [0.15, 0.2) is 0 Å². The van der Waals surface area contributed by atoms with E-state index in [1.165, 1.54) is 0 Å². The third-order valence-corrected chi connectivity index (χ3v) is 4.86. The molecule has 0 saturated carbocycles. The first-order valence-electron chi connectivity index (χ1n) is 9.03. The van der Waals surface area contributed by atoms with Gasteiger partial charge in [-0.25, -0.2) is 9.97 Å². The van der Waals surface area contributed by atoms with Crippen LogP contribution in [0.4, 0.5) is 5.82 Å². The molecule has 4 rings (SSSR count). The van der Waals surface area contributed by atoms with Crippen molar-refractivity contribution in [3.8, 4) is 11.3 Å². The van der Waals surface area contributed by atoms with Crippen LogP contribution in [0.5, 0.6) is 0 Å². The third kappa shape index (κ3) is 3.84. The molecule has 2 aromatic heterocycles. The minimum absolute atomic E-state index is 0.101. The van der Waals surface area contributed by atoms with Gasteiger partial charge < -0.3 is 19.9 Å². The highest BCUT2D eigenvalue weighted by Gasteiger charge is 2.30. The number of carbonyl (C=O) groups is 1. The maximum atomic E-state index is 12.4. The number of amides is 1. The molecule has 1 amide bonds. The Kier molecular flexibility index (Phi) is 4.63. The highest BCUT2D eigenvalue weighted by Crippen LogP contribution is 2.25. The van der Waals surface area contributed by atoms with E-state index in [0.717, 1.165) is 28.6 Å². The summed E-state index contributed by atoms with van der Waals surface area (Å²) in [5, 5.41) is 8.20. The summed E-state index contributed by atoms with van der Waals surface area (Å²) >= 11 is 0. The summed E-state index contributed by atoms with van der Waals surface area (Å²) in [6, 6.07) is 8.06. The molecule has 1 aromatic carbocycles. The Morgan fingerprint density at radius 3 is 2.96 bits per heavy atom. The molecule has 0 radical (unpaired) electrons. The van der Waals surface area contributed by atoms with Gasteiger partial charge >= 0.3 is 0 Å². The van der Waals surface area contributed by atoms with Gasteiger partial charge in [0.2, 0.25) is 5.91 Å². The van der Waals surface area contributed by atoms with Crippen LogP contribution in [0.3, 0.4) is 0 Å². The lowest BCUT2D eigenvalue weighted by molar-refractivity contribution is -0.125. The molecule has 140 valence electrons. The molecule has 1 saturated heterocycles. The number of hydrogen-bond donors (Lipinski definition) is 2. The van der Waals surface area contributed by atoms with Gasteiger partial charge in [0.1, 0.15) is 5.82 Å². The number of imidazole rings is 1. The largest absolute Gasteiger partial charge is 0.372 e. The summed E-state index contributed by atoms with van der Waals surface area (Å²) in [5.74, 6) is 0.442. The predicted molar refractivity (Wildman–Crippen MR) is 104 cm³/mol. The number of aromatic nitrogens is 3. The zero-order valence-corrected chi connectivity index (χ0v) is 15.5. The molecule has 1 atom stereocenters. The fraction of sp³-hybridized carbons (Fsp3) is 0.350. The molecule has 0 bridgehead atoms. The molecule has 1 aliphatic heterocycles. The van der Waals surface area contributed by atoms with E-state index in [2.05, 4.69) is 26.7 Å². The van der Waals surface area contributed by atoms with Crippen LogP contribution in [0.1, 0.15) is 13.3 Å². The van der Waals surface area contributed by atoms with Gasteiger partial charge in [-0.3, -0.25) is 4.79 Å². The number of benzene rings is 1. The second-order valence-electron chi connectivity index (χ2n) is 7.22. The second-order valence-corrected chi connectivity index (χ2v) is 7.22. The van der Waals surface area contributed by atoms with E-state index in [9.17, 15) is 4.79 Å². The number of morpholine rings is 1. The van der Waals surface area contributed by atoms with Crippen LogP contribution < -0.4 is 10.6 Å². The van der Waals surface area contributed by atoms with Gasteiger partial charge in [0.25, 0.3) is 0 Å². The fourth-order valence-electron chi connectivity index (χ4n) is 3.42. The number of aryl methyl sites for hydroxylation is 1. The Labute approximate surface area is 157 Å². The summed E-state index contributed by atoms with van der Waals surface area (Å²) < 4.78 is 7.74. The third-order valence-electron chi connectivity index (χ3n) is 4.86. The monoisotopic (exact) mass is 365 g/mol. The molecule has 0 spiro atoms. The number of hydrogen-bond acceptors (Lipinski definition) is 5. The lowest BCUT2D eigenvalue weighted by atomic mass is 10.0. The fourth-order valence-corrected chi connectivity index (χ4v) is 3.42. The van der Waals surface area contributed by atoms with Crippen molar-refractivity contribution in [2.45, 2.75) is 18.9 Å². The normalized spacial score (nSPS) is 19.9. The van der Waals surface area contributed by atoms with Crippen molar-refractivity contribution in [2.24, 2.45) is 7.05 Å². The number of rotatable bonds is 4. The predicted octanol–water partition coefficient (Wildman–Crippen LogP) is 2.34. The maximum Gasteiger partial charge on any atom is 0.228 e. The van der Waals surface area contributed by atoms with E-state index in [1.54, 1.807) is 12.5 Å². The zero-order valence-electron chi connectivity index (χ0n) is 15.5. The van der Waals surface area contributed by atoms with Crippen LogP contribution in [0.15, 0.2) is 43.0 Å². The second kappa shape index (κ2) is 7.09. The Hall–Kier alpha value is -2.77. The Morgan fingerprint density at radius 1 is 1.33 bits per heavy atom. The van der Waals surface area contributed by atoms with Crippen LogP contribution in [0.2, 0.25) is 0 Å². The number of nitrogens with zero attached hydrogens (tertiary/aromatic N) is 3. The average Bonchev–Trinajstić information content (AvgIpc) is 3.07. The summed E-state index contributed by atoms with van der Waals surface area (Å²) in [6.45, 7) is 4.06. The topological polar surface area (TPSA) is 81.1 Å². The number of carbonyl (C=O) groups excluding carboxylic acids is 1. The van der Waals surface area contributed by atoms with Crippen LogP contribution in [-0.2, 0) is 16.6 Å². The molecule has 27 heavy (non-hydrogen) atoms. The van der Waals surface area contributed by atoms with Crippen LogP contribution in [0, 0.1) is 0 Å². The van der Waals surface area contributed by atoms with E-state index >= 15 is 0 Å². The van der Waals surface area contributed by atoms with Crippen molar-refractivity contribution in [3.05, 3.63) is 43.0 Å². The van der Waals surface area contributed by atoms with Gasteiger partial charge in [-0.05, 0) is 24.4 Å². The minimum atomic E-state index is -0.480. The van der Waals surface area contributed by atoms with E-state index in [0.29, 0.717) is 19.0 Å². The first kappa shape index (κ1) is 17.6. The Morgan fingerprint density at radius 2 is 2.22 bits per heavy atom. The number of pyridine rings is 1. The SMILES string of the molecule is Cn1cncc1-c1ccc2cnc(NC(=O)CC3(C)CNCCO3)cc2c1. The summed E-state index contributed by atoms with van der Waals surface area (Å²) in [4.78, 5) is 21.0. The van der Waals surface area contributed by atoms with E-state index in [-0.39, 0.29) is 12.3 Å². The average molecular weight is 365 g/mol. The Balaban J connectivity index is 1.53. The number of fused-ring (bicyclic) bond motifs is 1. The highest BCUT2D eigenvalue weighted by atomic mass is 16.5. The number of ether oxygens (including phenoxy) is 1. The Bertz CT molecular complexity index is 975. The molecule has 0 aliphatic carbocycles. The van der Waals surface area contributed by atoms with Crippen molar-refractivity contribution in [1.82, 2.24) is 19.9 Å². The van der Waals surface area contributed by atoms with Crippen molar-refractivity contribution in [2.75, 3.05) is 25.0 Å². The zero-order chi connectivity index (χ0) is 18.9. The molecular weight excluding hydrogens is 342 g/mol. The van der Waals surface area contributed by atoms with Gasteiger partial charge in [-0.1, -0.05) is 12.1 Å². The molecule has 1 aliphatic rings. The van der Waals surface area contributed by atoms with E-state index in [1.807, 2.05) is 42.9 Å². The minimum Gasteiger partial charge on any atom is -0.372 e.